The number of anilines is 1. The van der Waals surface area contributed by atoms with Crippen LogP contribution in [0, 0.1) is 5.82 Å². The summed E-state index contributed by atoms with van der Waals surface area (Å²) in [5, 5.41) is 8.31. The number of nitrogens with two attached hydrogens (primary N) is 1. The first-order chi connectivity index (χ1) is 17.6. The quantitative estimate of drug-likeness (QED) is 0.351. The molecule has 6 heterocycles. The normalized spacial score (nSPS) is 14.0. The van der Waals surface area contributed by atoms with Crippen LogP contribution in [0.25, 0.3) is 56.0 Å². The predicted octanol–water partition coefficient (Wildman–Crippen LogP) is 3.31. The van der Waals surface area contributed by atoms with Crippen molar-refractivity contribution < 1.29 is 4.39 Å². The topological polar surface area (TPSA) is 138 Å². The van der Waals surface area contributed by atoms with Crippen LogP contribution in [0.1, 0.15) is 0 Å². The van der Waals surface area contributed by atoms with Gasteiger partial charge >= 0.3 is 0 Å². The van der Waals surface area contributed by atoms with Gasteiger partial charge in [0.1, 0.15) is 28.5 Å². The Kier molecular flexibility index (Phi) is 4.51. The van der Waals surface area contributed by atoms with Gasteiger partial charge < -0.3 is 15.6 Å². The molecular formula is C25H19FN10. The zero-order valence-electron chi connectivity index (χ0n) is 18.9. The van der Waals surface area contributed by atoms with Gasteiger partial charge in [0.2, 0.25) is 0 Å². The first-order valence-corrected chi connectivity index (χ1v) is 11.4. The van der Waals surface area contributed by atoms with E-state index in [1.165, 1.54) is 6.07 Å². The lowest BCUT2D eigenvalue weighted by molar-refractivity contribution is 0.514. The van der Waals surface area contributed by atoms with Gasteiger partial charge in [0.25, 0.3) is 0 Å². The van der Waals surface area contributed by atoms with Crippen LogP contribution < -0.4 is 10.6 Å². The Morgan fingerprint density at radius 1 is 0.917 bits per heavy atom. The molecule has 11 heteroatoms. The molecule has 0 aliphatic carbocycles. The number of aromatic amines is 2. The number of halogens is 1. The number of nitrogens with zero attached hydrogens (tertiary/aromatic N) is 7. The highest BCUT2D eigenvalue weighted by Crippen LogP contribution is 2.33. The monoisotopic (exact) mass is 478 g/mol. The summed E-state index contributed by atoms with van der Waals surface area (Å²) >= 11 is 0. The van der Waals surface area contributed by atoms with Gasteiger partial charge in [-0.25, -0.2) is 14.4 Å². The van der Waals surface area contributed by atoms with Crippen molar-refractivity contribution in [2.24, 2.45) is 5.73 Å². The number of hydrogen-bond donors (Lipinski definition) is 3. The molecule has 6 aromatic rings. The van der Waals surface area contributed by atoms with E-state index in [1.54, 1.807) is 49.2 Å². The number of fused-ring (bicyclic) bond motifs is 2. The Hall–Kier alpha value is -4.77. The van der Waals surface area contributed by atoms with E-state index < -0.39 is 0 Å². The van der Waals surface area contributed by atoms with Crippen LogP contribution in [0.2, 0.25) is 0 Å². The molecule has 0 unspecified atom stereocenters. The predicted molar refractivity (Wildman–Crippen MR) is 133 cm³/mol. The van der Waals surface area contributed by atoms with Gasteiger partial charge in [-0.1, -0.05) is 18.2 Å². The molecule has 7 rings (SSSR count). The molecule has 0 atom stereocenters. The molecule has 0 amide bonds. The van der Waals surface area contributed by atoms with Crippen LogP contribution in [0.4, 0.5) is 10.2 Å². The molecule has 0 saturated carbocycles. The van der Waals surface area contributed by atoms with Gasteiger partial charge in [0.05, 0.1) is 41.5 Å². The Morgan fingerprint density at radius 2 is 1.78 bits per heavy atom. The minimum absolute atomic E-state index is 0.163. The van der Waals surface area contributed by atoms with E-state index in [0.29, 0.717) is 45.1 Å². The van der Waals surface area contributed by atoms with Gasteiger partial charge in [-0.3, -0.25) is 20.1 Å². The molecule has 0 spiro atoms. The van der Waals surface area contributed by atoms with E-state index in [0.717, 1.165) is 29.8 Å². The van der Waals surface area contributed by atoms with Crippen LogP contribution in [0.15, 0.2) is 61.3 Å². The summed E-state index contributed by atoms with van der Waals surface area (Å²) in [4.78, 5) is 28.0. The molecule has 1 saturated heterocycles. The van der Waals surface area contributed by atoms with Crippen molar-refractivity contribution in [1.82, 2.24) is 40.1 Å². The van der Waals surface area contributed by atoms with Crippen molar-refractivity contribution in [2.45, 2.75) is 6.04 Å². The lowest BCUT2D eigenvalue weighted by Gasteiger charge is -2.37. The Labute approximate surface area is 203 Å². The maximum atomic E-state index is 14.5. The number of H-pyrrole nitrogens is 2. The average molecular weight is 478 g/mol. The summed E-state index contributed by atoms with van der Waals surface area (Å²) in [7, 11) is 0. The van der Waals surface area contributed by atoms with Crippen LogP contribution in [-0.4, -0.2) is 59.2 Å². The molecule has 1 aromatic carbocycles. The van der Waals surface area contributed by atoms with Gasteiger partial charge in [-0.2, -0.15) is 5.10 Å². The zero-order chi connectivity index (χ0) is 24.2. The van der Waals surface area contributed by atoms with E-state index in [-0.39, 0.29) is 11.9 Å². The van der Waals surface area contributed by atoms with Crippen molar-refractivity contribution in [3.63, 3.8) is 0 Å². The number of nitrogens with one attached hydrogen (secondary N) is 2. The number of imidazole rings is 1. The number of pyridine rings is 2. The highest BCUT2D eigenvalue weighted by Gasteiger charge is 2.25. The highest BCUT2D eigenvalue weighted by molar-refractivity contribution is 5.97. The number of benzene rings is 1. The van der Waals surface area contributed by atoms with Crippen molar-refractivity contribution >= 4 is 27.8 Å². The Balaban J connectivity index is 1.32. The fraction of sp³-hybridized carbons (Fsp3) is 0.120. The van der Waals surface area contributed by atoms with Crippen molar-refractivity contribution in [3.8, 4) is 34.0 Å². The van der Waals surface area contributed by atoms with Crippen molar-refractivity contribution in [2.75, 3.05) is 18.0 Å². The fourth-order valence-corrected chi connectivity index (χ4v) is 4.49. The smallest absolute Gasteiger partial charge is 0.159 e. The molecule has 1 aliphatic rings. The second-order valence-corrected chi connectivity index (χ2v) is 8.76. The van der Waals surface area contributed by atoms with E-state index >= 15 is 0 Å². The van der Waals surface area contributed by atoms with Gasteiger partial charge in [-0.15, -0.1) is 0 Å². The van der Waals surface area contributed by atoms with Crippen molar-refractivity contribution in [3.05, 3.63) is 67.1 Å². The van der Waals surface area contributed by atoms with E-state index in [9.17, 15) is 4.39 Å². The molecule has 0 bridgehead atoms. The SMILES string of the molecule is NC1CN(c2cncc(-c3cc4c(-c5nc6c(-c7ccccc7F)cncc6[nH]5)n[nH]c4cn3)n2)C1. The van der Waals surface area contributed by atoms with Gasteiger partial charge in [-0.05, 0) is 12.1 Å². The first-order valence-electron chi connectivity index (χ1n) is 11.4. The van der Waals surface area contributed by atoms with Crippen LogP contribution in [0.5, 0.6) is 0 Å². The zero-order valence-corrected chi connectivity index (χ0v) is 18.9. The largest absolute Gasteiger partial charge is 0.352 e. The third-order valence-corrected chi connectivity index (χ3v) is 6.35. The van der Waals surface area contributed by atoms with E-state index in [4.69, 9.17) is 15.7 Å². The minimum atomic E-state index is -0.333. The van der Waals surface area contributed by atoms with E-state index in [1.807, 2.05) is 6.07 Å². The van der Waals surface area contributed by atoms with Crippen molar-refractivity contribution in [1.29, 1.82) is 0 Å². The number of hydrogen-bond acceptors (Lipinski definition) is 8. The third kappa shape index (κ3) is 3.28. The molecule has 176 valence electrons. The molecule has 1 fully saturated rings. The summed E-state index contributed by atoms with van der Waals surface area (Å²) in [6.07, 6.45) is 8.41. The summed E-state index contributed by atoms with van der Waals surface area (Å²) in [5.74, 6) is 0.975. The standard InChI is InChI=1S/C25H19FN10/c26-17-4-2-1-3-14(17)16-6-28-8-21-23(16)33-25(32-21)24-15-5-18(30-9-19(15)34-35-24)20-7-29-10-22(31-20)36-11-13(27)12-36/h1-10,13H,11-12,27H2,(H,32,33)(H,34,35). The molecule has 0 radical (unpaired) electrons. The van der Waals surface area contributed by atoms with Gasteiger partial charge in [0, 0.05) is 41.8 Å². The van der Waals surface area contributed by atoms with Gasteiger partial charge in [0.15, 0.2) is 5.82 Å². The maximum absolute atomic E-state index is 14.5. The van der Waals surface area contributed by atoms with E-state index in [2.05, 4.69) is 35.0 Å². The Morgan fingerprint density at radius 3 is 2.64 bits per heavy atom. The highest BCUT2D eigenvalue weighted by atomic mass is 19.1. The first kappa shape index (κ1) is 20.6. The summed E-state index contributed by atoms with van der Waals surface area (Å²) in [6.45, 7) is 1.51. The summed E-state index contributed by atoms with van der Waals surface area (Å²) < 4.78 is 14.5. The lowest BCUT2D eigenvalue weighted by Crippen LogP contribution is -2.56. The summed E-state index contributed by atoms with van der Waals surface area (Å²) in [5.41, 5.74) is 10.9. The number of rotatable bonds is 4. The molecule has 36 heavy (non-hydrogen) atoms. The molecule has 5 aromatic heterocycles. The maximum Gasteiger partial charge on any atom is 0.159 e. The van der Waals surface area contributed by atoms with Crippen LogP contribution >= 0.6 is 0 Å². The molecular weight excluding hydrogens is 459 g/mol. The lowest BCUT2D eigenvalue weighted by atomic mass is 10.1. The second-order valence-electron chi connectivity index (χ2n) is 8.76. The average Bonchev–Trinajstić information content (AvgIpc) is 3.51. The summed E-state index contributed by atoms with van der Waals surface area (Å²) in [6, 6.07) is 8.65. The molecule has 4 N–H and O–H groups in total. The van der Waals surface area contributed by atoms with Crippen LogP contribution in [-0.2, 0) is 0 Å². The fourth-order valence-electron chi connectivity index (χ4n) is 4.49. The second kappa shape index (κ2) is 7.89. The minimum Gasteiger partial charge on any atom is -0.352 e. The molecule has 1 aliphatic heterocycles. The third-order valence-electron chi connectivity index (χ3n) is 6.35. The Bertz CT molecular complexity index is 1750. The van der Waals surface area contributed by atoms with Crippen LogP contribution in [0.3, 0.4) is 0 Å². The number of aromatic nitrogens is 8. The molecule has 10 nitrogen and oxygen atoms in total.